The van der Waals surface area contributed by atoms with Gasteiger partial charge in [0, 0.05) is 18.4 Å². The molecule has 5 rings (SSSR count). The number of carboxylic acid groups (broad SMARTS) is 1. The minimum Gasteiger partial charge on any atom is -0.483 e. The van der Waals surface area contributed by atoms with Crippen molar-refractivity contribution in [3.8, 4) is 0 Å². The minimum absolute atomic E-state index is 0.0330. The van der Waals surface area contributed by atoms with Crippen LogP contribution in [0.2, 0.25) is 0 Å². The van der Waals surface area contributed by atoms with Crippen molar-refractivity contribution >= 4 is 23.2 Å². The molecular formula is C17H20FN3O3. The molecule has 0 spiro atoms. The van der Waals surface area contributed by atoms with Crippen LogP contribution in [0.1, 0.15) is 29.8 Å². The Labute approximate surface area is 138 Å². The summed E-state index contributed by atoms with van der Waals surface area (Å²) in [6, 6.07) is 4.40. The monoisotopic (exact) mass is 333 g/mol. The van der Waals surface area contributed by atoms with Gasteiger partial charge in [0.15, 0.2) is 5.78 Å². The zero-order chi connectivity index (χ0) is 17.1. The van der Waals surface area contributed by atoms with Crippen LogP contribution in [0, 0.1) is 17.7 Å². The number of Topliss-reactive ketones (excluding diaryl/α,β-unsaturated/α-hetero) is 1. The first-order valence-electron chi connectivity index (χ1n) is 8.09. The van der Waals surface area contributed by atoms with Crippen molar-refractivity contribution in [1.29, 1.82) is 0 Å². The Morgan fingerprint density at radius 2 is 2.12 bits per heavy atom. The quantitative estimate of drug-likeness (QED) is 0.665. The topological polar surface area (TPSA) is 86.3 Å². The molecule has 2 N–H and O–H groups in total. The van der Waals surface area contributed by atoms with E-state index in [9.17, 15) is 9.18 Å². The van der Waals surface area contributed by atoms with Crippen molar-refractivity contribution < 1.29 is 19.1 Å². The van der Waals surface area contributed by atoms with Gasteiger partial charge in [-0.1, -0.05) is 0 Å². The molecule has 3 fully saturated rings. The zero-order valence-electron chi connectivity index (χ0n) is 13.2. The first kappa shape index (κ1) is 16.6. The van der Waals surface area contributed by atoms with Gasteiger partial charge in [0.25, 0.3) is 6.47 Å². The van der Waals surface area contributed by atoms with E-state index in [-0.39, 0.29) is 18.1 Å². The molecule has 128 valence electrons. The number of fused-ring (bicyclic) bond motifs is 4. The fraction of sp³-hybridized carbons (Fsp3) is 0.471. The molecule has 2 bridgehead atoms. The number of H-pyrrole nitrogens is 1. The summed E-state index contributed by atoms with van der Waals surface area (Å²) in [5.41, 5.74) is 1.11. The third kappa shape index (κ3) is 3.31. The summed E-state index contributed by atoms with van der Waals surface area (Å²) in [4.78, 5) is 23.4. The zero-order valence-corrected chi connectivity index (χ0v) is 13.2. The van der Waals surface area contributed by atoms with E-state index in [1.54, 1.807) is 6.07 Å². The summed E-state index contributed by atoms with van der Waals surface area (Å²) in [7, 11) is 0. The lowest BCUT2D eigenvalue weighted by Crippen LogP contribution is -2.47. The van der Waals surface area contributed by atoms with E-state index >= 15 is 0 Å². The molecule has 7 heteroatoms. The van der Waals surface area contributed by atoms with Gasteiger partial charge >= 0.3 is 0 Å². The van der Waals surface area contributed by atoms with Gasteiger partial charge in [0.1, 0.15) is 11.5 Å². The van der Waals surface area contributed by atoms with Crippen molar-refractivity contribution in [2.75, 3.05) is 19.6 Å². The van der Waals surface area contributed by atoms with E-state index in [4.69, 9.17) is 9.90 Å². The highest BCUT2D eigenvalue weighted by Gasteiger charge is 2.35. The third-order valence-electron chi connectivity index (χ3n) is 5.03. The van der Waals surface area contributed by atoms with E-state index in [1.807, 2.05) is 0 Å². The van der Waals surface area contributed by atoms with Crippen molar-refractivity contribution in [2.45, 2.75) is 19.3 Å². The summed E-state index contributed by atoms with van der Waals surface area (Å²) in [6.07, 6.45) is 2.93. The van der Waals surface area contributed by atoms with Crippen LogP contribution in [0.4, 0.5) is 4.39 Å². The summed E-state index contributed by atoms with van der Waals surface area (Å²) < 4.78 is 13.4. The summed E-state index contributed by atoms with van der Waals surface area (Å²) in [5, 5.41) is 14.4. The van der Waals surface area contributed by atoms with Gasteiger partial charge < -0.3 is 10.0 Å². The van der Waals surface area contributed by atoms with Crippen LogP contribution in [0.3, 0.4) is 0 Å². The summed E-state index contributed by atoms with van der Waals surface area (Å²) in [6.45, 7) is 3.12. The maximum absolute atomic E-state index is 13.4. The minimum atomic E-state index is -0.333. The van der Waals surface area contributed by atoms with Gasteiger partial charge in [0.2, 0.25) is 0 Å². The first-order valence-corrected chi connectivity index (χ1v) is 8.09. The molecule has 3 aliphatic heterocycles. The highest BCUT2D eigenvalue weighted by molar-refractivity contribution is 6.05. The molecule has 0 saturated carbocycles. The highest BCUT2D eigenvalue weighted by Crippen LogP contribution is 2.35. The lowest BCUT2D eigenvalue weighted by molar-refractivity contribution is -0.122. The molecule has 0 radical (unpaired) electrons. The second kappa shape index (κ2) is 7.09. The molecule has 0 unspecified atom stereocenters. The Morgan fingerprint density at radius 3 is 2.75 bits per heavy atom. The number of ketones is 1. The average molecular weight is 333 g/mol. The number of carbonyl (C=O) groups is 2. The number of halogens is 1. The van der Waals surface area contributed by atoms with E-state index in [0.29, 0.717) is 34.9 Å². The lowest BCUT2D eigenvalue weighted by atomic mass is 9.76. The van der Waals surface area contributed by atoms with E-state index in [0.717, 1.165) is 6.54 Å². The normalized spacial score (nSPS) is 25.1. The molecule has 3 aliphatic rings. The predicted molar refractivity (Wildman–Crippen MR) is 86.3 cm³/mol. The second-order valence-electron chi connectivity index (χ2n) is 6.39. The Morgan fingerprint density at radius 1 is 1.42 bits per heavy atom. The van der Waals surface area contributed by atoms with Crippen LogP contribution in [0.5, 0.6) is 0 Å². The van der Waals surface area contributed by atoms with E-state index in [2.05, 4.69) is 15.1 Å². The molecule has 1 aromatic carbocycles. The number of nitrogens with one attached hydrogen (secondary N) is 1. The van der Waals surface area contributed by atoms with Crippen LogP contribution in [0.15, 0.2) is 18.2 Å². The summed E-state index contributed by atoms with van der Waals surface area (Å²) >= 11 is 0. The molecular weight excluding hydrogens is 313 g/mol. The SMILES string of the molecule is O=C(C[C@H]1CN2CCC1CC2)c1n[nH]c2ccc(F)cc12.O=CO. The molecule has 24 heavy (non-hydrogen) atoms. The molecule has 0 amide bonds. The molecule has 1 atom stereocenters. The van der Waals surface area contributed by atoms with Gasteiger partial charge in [-0.2, -0.15) is 5.10 Å². The number of aromatic amines is 1. The van der Waals surface area contributed by atoms with E-state index < -0.39 is 0 Å². The molecule has 0 aliphatic carbocycles. The number of benzene rings is 1. The van der Waals surface area contributed by atoms with Gasteiger partial charge in [-0.15, -0.1) is 0 Å². The lowest BCUT2D eigenvalue weighted by Gasteiger charge is -2.44. The number of nitrogens with zero attached hydrogens (tertiary/aromatic N) is 2. The number of hydrogen-bond acceptors (Lipinski definition) is 4. The Bertz CT molecular complexity index is 738. The van der Waals surface area contributed by atoms with Crippen molar-refractivity contribution in [2.24, 2.45) is 11.8 Å². The van der Waals surface area contributed by atoms with Crippen LogP contribution in [0.25, 0.3) is 10.9 Å². The number of piperidine rings is 3. The first-order chi connectivity index (χ1) is 11.6. The predicted octanol–water partition coefficient (Wildman–Crippen LogP) is 2.32. The van der Waals surface area contributed by atoms with E-state index in [1.165, 1.54) is 38.1 Å². The fourth-order valence-electron chi connectivity index (χ4n) is 3.85. The molecule has 4 heterocycles. The van der Waals surface area contributed by atoms with Gasteiger partial charge in [-0.3, -0.25) is 14.7 Å². The maximum atomic E-state index is 13.4. The van der Waals surface area contributed by atoms with Gasteiger partial charge in [0.05, 0.1) is 5.52 Å². The smallest absolute Gasteiger partial charge is 0.290 e. The standard InChI is InChI=1S/C16H18FN3O.CH2O2/c17-12-1-2-14-13(8-12)16(19-18-14)15(21)7-11-9-20-5-3-10(11)4-6-20;2-1-3/h1-2,8,10-11H,3-7,9H2,(H,18,19);1H,(H,2,3)/t11-;/m0./s1. The molecule has 1 aromatic heterocycles. The highest BCUT2D eigenvalue weighted by atomic mass is 19.1. The number of aromatic nitrogens is 2. The Balaban J connectivity index is 0.000000526. The molecule has 6 nitrogen and oxygen atoms in total. The van der Waals surface area contributed by atoms with Gasteiger partial charge in [-0.25, -0.2) is 4.39 Å². The second-order valence-corrected chi connectivity index (χ2v) is 6.39. The Kier molecular flexibility index (Phi) is 4.89. The van der Waals surface area contributed by atoms with Crippen LogP contribution in [-0.4, -0.2) is 52.1 Å². The van der Waals surface area contributed by atoms with Crippen molar-refractivity contribution in [3.63, 3.8) is 0 Å². The largest absolute Gasteiger partial charge is 0.483 e. The van der Waals surface area contributed by atoms with Gasteiger partial charge in [-0.05, 0) is 56.0 Å². The average Bonchev–Trinajstić information content (AvgIpc) is 3.00. The third-order valence-corrected chi connectivity index (χ3v) is 5.03. The van der Waals surface area contributed by atoms with Crippen LogP contribution in [-0.2, 0) is 4.79 Å². The molecule has 2 aromatic rings. The maximum Gasteiger partial charge on any atom is 0.290 e. The fourth-order valence-corrected chi connectivity index (χ4v) is 3.85. The van der Waals surface area contributed by atoms with Crippen LogP contribution < -0.4 is 0 Å². The van der Waals surface area contributed by atoms with Crippen molar-refractivity contribution in [1.82, 2.24) is 15.1 Å². The van der Waals surface area contributed by atoms with Crippen LogP contribution >= 0.6 is 0 Å². The number of rotatable bonds is 3. The van der Waals surface area contributed by atoms with Crippen molar-refractivity contribution in [3.05, 3.63) is 29.7 Å². The Hall–Kier alpha value is -2.28. The number of hydrogen-bond donors (Lipinski definition) is 2. The molecule has 3 saturated heterocycles. The summed E-state index contributed by atoms with van der Waals surface area (Å²) in [5.74, 6) is 0.799. The number of carbonyl (C=O) groups excluding carboxylic acids is 1.